The number of hydrogen-bond donors (Lipinski definition) is 0. The van der Waals surface area contributed by atoms with E-state index in [-0.39, 0.29) is 62.3 Å². The summed E-state index contributed by atoms with van der Waals surface area (Å²) >= 11 is 0. The Kier molecular flexibility index (Phi) is 7.15. The highest BCUT2D eigenvalue weighted by Crippen LogP contribution is 2.27. The first-order valence-corrected chi connectivity index (χ1v) is 11.3. The molecule has 2 aromatic rings. The van der Waals surface area contributed by atoms with E-state index in [0.29, 0.717) is 18.7 Å². The summed E-state index contributed by atoms with van der Waals surface area (Å²) in [5, 5.41) is 0. The van der Waals surface area contributed by atoms with Crippen molar-refractivity contribution in [3.05, 3.63) is 62.8 Å². The van der Waals surface area contributed by atoms with Crippen LogP contribution in [0.4, 0.5) is 13.2 Å². The maximum atomic E-state index is 14.2. The Morgan fingerprint density at radius 3 is 2.54 bits per heavy atom. The standard InChI is InChI=1S/C24H26F3N3O5/c1-28-11-14(9-20(28)31)13-35-19-10-21(32)30-8-7-29(6-5-18(30)22(19)24(33)34-2)12-15-16(25)3-4-17(26)23(15)27/h3-4,10,14H,5-9,11-13H2,1-2H3/t14-/m1/s1. The number of methoxy groups -OCH3 is 1. The van der Waals surface area contributed by atoms with E-state index in [4.69, 9.17) is 9.47 Å². The number of hydrogen-bond acceptors (Lipinski definition) is 6. The molecule has 1 fully saturated rings. The largest absolute Gasteiger partial charge is 0.492 e. The van der Waals surface area contributed by atoms with Crippen molar-refractivity contribution in [2.75, 3.05) is 40.4 Å². The van der Waals surface area contributed by atoms with Gasteiger partial charge in [0, 0.05) is 75.9 Å². The normalized spacial score (nSPS) is 18.4. The van der Waals surface area contributed by atoms with Gasteiger partial charge in [-0.1, -0.05) is 0 Å². The van der Waals surface area contributed by atoms with Gasteiger partial charge in [0.15, 0.2) is 11.6 Å². The molecule has 0 unspecified atom stereocenters. The molecular weight excluding hydrogens is 467 g/mol. The van der Waals surface area contributed by atoms with Crippen molar-refractivity contribution in [2.24, 2.45) is 5.92 Å². The van der Waals surface area contributed by atoms with Crippen LogP contribution in [0.15, 0.2) is 23.0 Å². The van der Waals surface area contributed by atoms with Gasteiger partial charge in [-0.3, -0.25) is 14.5 Å². The van der Waals surface area contributed by atoms with Crippen LogP contribution < -0.4 is 10.3 Å². The molecule has 0 radical (unpaired) electrons. The van der Waals surface area contributed by atoms with Crippen LogP contribution in [0.3, 0.4) is 0 Å². The van der Waals surface area contributed by atoms with Crippen LogP contribution in [0.2, 0.25) is 0 Å². The van der Waals surface area contributed by atoms with Crippen LogP contribution in [0.1, 0.15) is 28.0 Å². The zero-order chi connectivity index (χ0) is 25.3. The molecule has 2 aliphatic heterocycles. The van der Waals surface area contributed by atoms with Gasteiger partial charge in [0.05, 0.1) is 13.7 Å². The van der Waals surface area contributed by atoms with Crippen LogP contribution in [0.5, 0.6) is 5.75 Å². The molecular formula is C24H26F3N3O5. The Hall–Kier alpha value is -3.34. The summed E-state index contributed by atoms with van der Waals surface area (Å²) in [5.41, 5.74) is -0.291. The molecule has 35 heavy (non-hydrogen) atoms. The number of esters is 1. The zero-order valence-electron chi connectivity index (χ0n) is 19.5. The van der Waals surface area contributed by atoms with E-state index in [1.54, 1.807) is 16.8 Å². The highest BCUT2D eigenvalue weighted by molar-refractivity contribution is 5.93. The Morgan fingerprint density at radius 1 is 1.11 bits per heavy atom. The molecule has 188 valence electrons. The predicted octanol–water partition coefficient (Wildman–Crippen LogP) is 1.97. The molecule has 0 saturated carbocycles. The number of benzene rings is 1. The fourth-order valence-corrected chi connectivity index (χ4v) is 4.60. The third-order valence-electron chi connectivity index (χ3n) is 6.49. The fraction of sp³-hybridized carbons (Fsp3) is 0.458. The first kappa shape index (κ1) is 24.8. The second kappa shape index (κ2) is 10.1. The number of rotatable bonds is 6. The van der Waals surface area contributed by atoms with Crippen LogP contribution in [-0.2, 0) is 29.0 Å². The van der Waals surface area contributed by atoms with Crippen molar-refractivity contribution in [2.45, 2.75) is 25.9 Å². The second-order valence-electron chi connectivity index (χ2n) is 8.82. The summed E-state index contributed by atoms with van der Waals surface area (Å²) in [5.74, 6) is -3.92. The van der Waals surface area contributed by atoms with Crippen LogP contribution in [0.25, 0.3) is 0 Å². The Labute approximate surface area is 199 Å². The van der Waals surface area contributed by atoms with Gasteiger partial charge in [-0.2, -0.15) is 0 Å². The SMILES string of the molecule is COC(=O)c1c(OC[C@@H]2CC(=O)N(C)C2)cc(=O)n2c1CCN(Cc1c(F)ccc(F)c1F)CC2. The molecule has 1 aromatic carbocycles. The lowest BCUT2D eigenvalue weighted by atomic mass is 10.1. The van der Waals surface area contributed by atoms with Gasteiger partial charge in [0.1, 0.15) is 17.1 Å². The molecule has 0 N–H and O–H groups in total. The minimum atomic E-state index is -1.24. The van der Waals surface area contributed by atoms with Crippen molar-refractivity contribution < 1.29 is 32.2 Å². The third-order valence-corrected chi connectivity index (χ3v) is 6.49. The van der Waals surface area contributed by atoms with E-state index in [1.807, 2.05) is 0 Å². The summed E-state index contributed by atoms with van der Waals surface area (Å²) in [4.78, 5) is 40.7. The molecule has 0 bridgehead atoms. The Bertz CT molecular complexity index is 1220. The molecule has 2 aliphatic rings. The highest BCUT2D eigenvalue weighted by atomic mass is 19.2. The Balaban J connectivity index is 1.59. The molecule has 1 aromatic heterocycles. The maximum Gasteiger partial charge on any atom is 0.343 e. The van der Waals surface area contributed by atoms with Crippen molar-refractivity contribution in [1.29, 1.82) is 0 Å². The number of amides is 1. The van der Waals surface area contributed by atoms with Crippen molar-refractivity contribution >= 4 is 11.9 Å². The number of likely N-dealkylation sites (tertiary alicyclic amines) is 1. The van der Waals surface area contributed by atoms with E-state index >= 15 is 0 Å². The zero-order valence-corrected chi connectivity index (χ0v) is 19.5. The number of halogens is 3. The number of pyridine rings is 1. The van der Waals surface area contributed by atoms with Crippen LogP contribution in [-0.4, -0.2) is 66.6 Å². The lowest BCUT2D eigenvalue weighted by Crippen LogP contribution is -2.30. The summed E-state index contributed by atoms with van der Waals surface area (Å²) in [6, 6.07) is 2.83. The van der Waals surface area contributed by atoms with Crippen molar-refractivity contribution in [3.63, 3.8) is 0 Å². The number of carbonyl (C=O) groups is 2. The highest BCUT2D eigenvalue weighted by Gasteiger charge is 2.30. The smallest absolute Gasteiger partial charge is 0.343 e. The van der Waals surface area contributed by atoms with Gasteiger partial charge < -0.3 is 18.9 Å². The average Bonchev–Trinajstić information content (AvgIpc) is 3.02. The molecule has 1 amide bonds. The van der Waals surface area contributed by atoms with Gasteiger partial charge >= 0.3 is 5.97 Å². The predicted molar refractivity (Wildman–Crippen MR) is 119 cm³/mol. The lowest BCUT2D eigenvalue weighted by Gasteiger charge is -2.20. The van der Waals surface area contributed by atoms with Gasteiger partial charge in [-0.05, 0) is 12.1 Å². The minimum absolute atomic E-state index is 0.0000477. The number of carbonyl (C=O) groups excluding carboxylic acids is 2. The fourth-order valence-electron chi connectivity index (χ4n) is 4.60. The summed E-state index contributed by atoms with van der Waals surface area (Å²) in [7, 11) is 2.92. The van der Waals surface area contributed by atoms with Gasteiger partial charge in [0.2, 0.25) is 5.91 Å². The maximum absolute atomic E-state index is 14.2. The first-order chi connectivity index (χ1) is 16.7. The summed E-state index contributed by atoms with van der Waals surface area (Å²) in [6.45, 7) is 1.12. The molecule has 1 saturated heterocycles. The molecule has 4 rings (SSSR count). The van der Waals surface area contributed by atoms with E-state index in [9.17, 15) is 27.6 Å². The second-order valence-corrected chi connectivity index (χ2v) is 8.82. The molecule has 1 atom stereocenters. The minimum Gasteiger partial charge on any atom is -0.492 e. The van der Waals surface area contributed by atoms with Gasteiger partial charge in [-0.15, -0.1) is 0 Å². The Morgan fingerprint density at radius 2 is 1.86 bits per heavy atom. The topological polar surface area (TPSA) is 81.1 Å². The molecule has 8 nitrogen and oxygen atoms in total. The van der Waals surface area contributed by atoms with Gasteiger partial charge in [0.25, 0.3) is 5.56 Å². The lowest BCUT2D eigenvalue weighted by molar-refractivity contribution is -0.126. The van der Waals surface area contributed by atoms with E-state index in [1.165, 1.54) is 17.7 Å². The monoisotopic (exact) mass is 493 g/mol. The number of fused-ring (bicyclic) bond motifs is 1. The third kappa shape index (κ3) is 5.04. The van der Waals surface area contributed by atoms with Crippen LogP contribution >= 0.6 is 0 Å². The first-order valence-electron chi connectivity index (χ1n) is 11.3. The van der Waals surface area contributed by atoms with E-state index in [2.05, 4.69) is 0 Å². The van der Waals surface area contributed by atoms with E-state index < -0.39 is 34.5 Å². The van der Waals surface area contributed by atoms with Gasteiger partial charge in [-0.25, -0.2) is 18.0 Å². The number of aromatic nitrogens is 1. The molecule has 0 spiro atoms. The number of nitrogens with zero attached hydrogens (tertiary/aromatic N) is 3. The summed E-state index contributed by atoms with van der Waals surface area (Å²) < 4.78 is 54.2. The molecule has 3 heterocycles. The molecule has 0 aliphatic carbocycles. The van der Waals surface area contributed by atoms with E-state index in [0.717, 1.165) is 12.1 Å². The molecule has 11 heteroatoms. The van der Waals surface area contributed by atoms with Crippen molar-refractivity contribution in [3.8, 4) is 5.75 Å². The quantitative estimate of drug-likeness (QED) is 0.452. The van der Waals surface area contributed by atoms with Crippen LogP contribution in [0, 0.1) is 23.4 Å². The summed E-state index contributed by atoms with van der Waals surface area (Å²) in [6.07, 6.45) is 0.510. The average molecular weight is 493 g/mol. The van der Waals surface area contributed by atoms with Crippen molar-refractivity contribution in [1.82, 2.24) is 14.4 Å². The number of ether oxygens (including phenoxy) is 2.